The van der Waals surface area contributed by atoms with Gasteiger partial charge >= 0.3 is 0 Å². The minimum absolute atomic E-state index is 0.106. The number of aliphatic hydroxyl groups excluding tert-OH is 2. The molecule has 0 bridgehead atoms. The number of imidazole rings is 1. The quantitative estimate of drug-likeness (QED) is 0.254. The van der Waals surface area contributed by atoms with Crippen LogP contribution < -0.4 is 5.73 Å². The molecule has 1 saturated carbocycles. The van der Waals surface area contributed by atoms with Crippen molar-refractivity contribution in [3.8, 4) is 0 Å². The molecule has 1 aliphatic carbocycles. The first-order valence-electron chi connectivity index (χ1n) is 14.8. The van der Waals surface area contributed by atoms with Crippen LogP contribution in [0.15, 0.2) is 36.8 Å². The smallest absolute Gasteiger partial charge is 0.164 e. The van der Waals surface area contributed by atoms with Crippen LogP contribution in [0.1, 0.15) is 71.5 Å². The summed E-state index contributed by atoms with van der Waals surface area (Å²) in [4.78, 5) is 19.2. The van der Waals surface area contributed by atoms with E-state index in [0.717, 1.165) is 42.5 Å². The fraction of sp³-hybridized carbons (Fsp3) is 0.581. The van der Waals surface area contributed by atoms with Crippen molar-refractivity contribution in [2.24, 2.45) is 5.92 Å². The summed E-state index contributed by atoms with van der Waals surface area (Å²) in [6.07, 6.45) is 4.11. The monoisotopic (exact) mass is 561 g/mol. The lowest BCUT2D eigenvalue weighted by atomic mass is 9.76. The number of anilines is 1. The molecule has 5 N–H and O–H groups in total. The Hall–Kier alpha value is -3.05. The Kier molecular flexibility index (Phi) is 7.30. The van der Waals surface area contributed by atoms with Gasteiger partial charge in [-0.3, -0.25) is 4.90 Å². The van der Waals surface area contributed by atoms with Crippen molar-refractivity contribution in [2.75, 3.05) is 12.3 Å². The van der Waals surface area contributed by atoms with Gasteiger partial charge in [-0.15, -0.1) is 0 Å². The molecule has 1 saturated heterocycles. The lowest BCUT2D eigenvalue weighted by Gasteiger charge is -2.46. The normalized spacial score (nSPS) is 27.0. The minimum Gasteiger partial charge on any atom is -0.387 e. The molecule has 1 aromatic carbocycles. The maximum Gasteiger partial charge on any atom is 0.164 e. The number of rotatable bonds is 8. The summed E-state index contributed by atoms with van der Waals surface area (Å²) in [5.74, 6) is 2.07. The molecule has 4 heterocycles. The van der Waals surface area contributed by atoms with Crippen LogP contribution >= 0.6 is 0 Å². The number of nitrogens with two attached hydrogens (primary N) is 1. The summed E-state index contributed by atoms with van der Waals surface area (Å²) >= 11 is 0. The van der Waals surface area contributed by atoms with Gasteiger partial charge in [0.15, 0.2) is 6.23 Å². The Morgan fingerprint density at radius 1 is 1.15 bits per heavy atom. The largest absolute Gasteiger partial charge is 0.387 e. The number of benzene rings is 1. The molecule has 220 valence electrons. The predicted octanol–water partition coefficient (Wildman–Crippen LogP) is 3.93. The Labute approximate surface area is 240 Å². The van der Waals surface area contributed by atoms with Crippen molar-refractivity contribution in [1.29, 1.82) is 0 Å². The van der Waals surface area contributed by atoms with Gasteiger partial charge < -0.3 is 30.2 Å². The van der Waals surface area contributed by atoms with E-state index >= 15 is 0 Å². The number of H-pyrrole nitrogens is 1. The number of fused-ring (bicyclic) bond motifs is 2. The highest BCUT2D eigenvalue weighted by Crippen LogP contribution is 2.38. The number of nitrogens with zero attached hydrogens (tertiary/aromatic N) is 5. The average molecular weight is 562 g/mol. The average Bonchev–Trinajstić information content (AvgIpc) is 3.58. The molecule has 4 atom stereocenters. The third kappa shape index (κ3) is 5.34. The van der Waals surface area contributed by atoms with Gasteiger partial charge in [-0.2, -0.15) is 0 Å². The van der Waals surface area contributed by atoms with E-state index in [1.54, 1.807) is 10.8 Å². The zero-order chi connectivity index (χ0) is 29.1. The maximum absolute atomic E-state index is 11.0. The van der Waals surface area contributed by atoms with Gasteiger partial charge in [-0.1, -0.05) is 26.8 Å². The first-order chi connectivity index (χ1) is 19.5. The molecular formula is C31H43N7O3. The molecule has 10 nitrogen and oxygen atoms in total. The van der Waals surface area contributed by atoms with Crippen molar-refractivity contribution in [2.45, 2.75) is 102 Å². The van der Waals surface area contributed by atoms with Crippen LogP contribution in [-0.4, -0.2) is 76.6 Å². The summed E-state index contributed by atoms with van der Waals surface area (Å²) in [6.45, 7) is 11.6. The minimum atomic E-state index is -1.07. The lowest BCUT2D eigenvalue weighted by Crippen LogP contribution is -2.52. The number of aromatic amines is 1. The highest BCUT2D eigenvalue weighted by Gasteiger charge is 2.46. The van der Waals surface area contributed by atoms with E-state index in [0.29, 0.717) is 41.4 Å². The van der Waals surface area contributed by atoms with Crippen LogP contribution in [0.4, 0.5) is 5.82 Å². The van der Waals surface area contributed by atoms with Crippen molar-refractivity contribution in [3.05, 3.63) is 48.2 Å². The van der Waals surface area contributed by atoms with Crippen molar-refractivity contribution in [1.82, 2.24) is 29.4 Å². The van der Waals surface area contributed by atoms with Gasteiger partial charge in [0.25, 0.3) is 0 Å². The van der Waals surface area contributed by atoms with Crippen LogP contribution in [0.2, 0.25) is 0 Å². The van der Waals surface area contributed by atoms with Crippen LogP contribution in [0, 0.1) is 5.92 Å². The second kappa shape index (κ2) is 10.7. The molecule has 2 fully saturated rings. The molecule has 6 rings (SSSR count). The highest BCUT2D eigenvalue weighted by molar-refractivity contribution is 5.86. The molecule has 10 heteroatoms. The van der Waals surface area contributed by atoms with E-state index in [9.17, 15) is 10.2 Å². The van der Waals surface area contributed by atoms with E-state index in [-0.39, 0.29) is 5.41 Å². The summed E-state index contributed by atoms with van der Waals surface area (Å²) < 4.78 is 8.01. The number of ether oxygens (including phenoxy) is 1. The second-order valence-electron chi connectivity index (χ2n) is 13.3. The standard InChI is InChI=1S/C31H43N7O3/c1-17(2)38(15-24-26(39)27(40)30(41-24)37-11-10-21-28(32)33-16-34-29(21)37)20-12-18(13-20)6-9-25-35-22-8-7-19(31(3,4)5)14-23(22)36-25/h7-8,10-11,14,16-18,20,24,26-27,30,39-40H,6,9,12-13,15H2,1-5H3,(H,35,36)(H2,32,33,34)/t18-,20-,24-,26+,27+,30-/m1/s1. The van der Waals surface area contributed by atoms with E-state index in [4.69, 9.17) is 15.5 Å². The van der Waals surface area contributed by atoms with Gasteiger partial charge in [0, 0.05) is 31.2 Å². The molecule has 41 heavy (non-hydrogen) atoms. The van der Waals surface area contributed by atoms with E-state index in [1.165, 1.54) is 11.9 Å². The molecule has 4 aromatic rings. The molecule has 0 radical (unpaired) electrons. The topological polar surface area (TPSA) is 138 Å². The van der Waals surface area contributed by atoms with E-state index < -0.39 is 24.5 Å². The fourth-order valence-electron chi connectivity index (χ4n) is 6.49. The maximum atomic E-state index is 11.0. The predicted molar refractivity (Wildman–Crippen MR) is 159 cm³/mol. The number of nitrogen functional groups attached to an aromatic ring is 1. The molecule has 3 aromatic heterocycles. The number of aromatic nitrogens is 5. The Morgan fingerprint density at radius 3 is 2.66 bits per heavy atom. The molecule has 1 aliphatic heterocycles. The number of aliphatic hydroxyl groups is 2. The van der Waals surface area contributed by atoms with E-state index in [2.05, 4.69) is 72.7 Å². The Morgan fingerprint density at radius 2 is 1.93 bits per heavy atom. The first kappa shape index (κ1) is 28.1. The third-order valence-corrected chi connectivity index (χ3v) is 9.07. The zero-order valence-electron chi connectivity index (χ0n) is 24.7. The number of aryl methyl sites for hydroxylation is 1. The van der Waals surface area contributed by atoms with Crippen molar-refractivity contribution >= 4 is 27.9 Å². The molecule has 2 aliphatic rings. The highest BCUT2D eigenvalue weighted by atomic mass is 16.6. The summed E-state index contributed by atoms with van der Waals surface area (Å²) in [6, 6.07) is 9.08. The molecule has 0 unspecified atom stereocenters. The van der Waals surface area contributed by atoms with Crippen LogP contribution in [-0.2, 0) is 16.6 Å². The third-order valence-electron chi connectivity index (χ3n) is 9.07. The Bertz CT molecular complexity index is 1520. The van der Waals surface area contributed by atoms with Gasteiger partial charge in [0.05, 0.1) is 16.4 Å². The summed E-state index contributed by atoms with van der Waals surface area (Å²) in [5, 5.41) is 22.6. The molecule has 0 amide bonds. The lowest BCUT2D eigenvalue weighted by molar-refractivity contribution is -0.0618. The Balaban J connectivity index is 1.06. The SMILES string of the molecule is CC(C)N(C[C@H]1O[C@@H](n2ccc3c(N)ncnc32)[C@@H](O)[C@H]1O)[C@H]1C[C@H](CCc2nc3cc(C(C)(C)C)ccc3[nH]2)C1. The zero-order valence-corrected chi connectivity index (χ0v) is 24.7. The summed E-state index contributed by atoms with van der Waals surface area (Å²) in [7, 11) is 0. The van der Waals surface area contributed by atoms with E-state index in [1.807, 2.05) is 6.07 Å². The van der Waals surface area contributed by atoms with Crippen molar-refractivity contribution < 1.29 is 14.9 Å². The van der Waals surface area contributed by atoms with Gasteiger partial charge in [0.2, 0.25) is 0 Å². The number of hydrogen-bond acceptors (Lipinski definition) is 8. The first-order valence-corrected chi connectivity index (χ1v) is 14.8. The van der Waals surface area contributed by atoms with Gasteiger partial charge in [-0.25, -0.2) is 15.0 Å². The van der Waals surface area contributed by atoms with Gasteiger partial charge in [0.1, 0.15) is 41.9 Å². The van der Waals surface area contributed by atoms with Gasteiger partial charge in [-0.05, 0) is 68.2 Å². The number of hydrogen-bond donors (Lipinski definition) is 4. The molecule has 0 spiro atoms. The number of nitrogens with one attached hydrogen (secondary N) is 1. The van der Waals surface area contributed by atoms with Crippen LogP contribution in [0.25, 0.3) is 22.1 Å². The van der Waals surface area contributed by atoms with Crippen molar-refractivity contribution in [3.63, 3.8) is 0 Å². The fourth-order valence-corrected chi connectivity index (χ4v) is 6.49. The van der Waals surface area contributed by atoms with Crippen LogP contribution in [0.3, 0.4) is 0 Å². The summed E-state index contributed by atoms with van der Waals surface area (Å²) in [5.41, 5.74) is 10.1. The van der Waals surface area contributed by atoms with Crippen LogP contribution in [0.5, 0.6) is 0 Å². The molecular weight excluding hydrogens is 518 g/mol. The second-order valence-corrected chi connectivity index (χ2v) is 13.3.